The molecule has 2 aromatic carbocycles. The first kappa shape index (κ1) is 16.2. The van der Waals surface area contributed by atoms with E-state index in [1.165, 1.54) is 0 Å². The molecule has 1 aliphatic rings. The molecule has 1 saturated heterocycles. The number of hydrogen-bond donors (Lipinski definition) is 0. The number of anilines is 1. The molecule has 1 aliphatic heterocycles. The maximum atomic E-state index is 12.6. The molecule has 0 unspecified atom stereocenters. The zero-order chi connectivity index (χ0) is 17.6. The predicted octanol–water partition coefficient (Wildman–Crippen LogP) is 4.79. The molecule has 0 saturated carbocycles. The third-order valence-corrected chi connectivity index (χ3v) is 5.02. The molecule has 25 heavy (non-hydrogen) atoms. The van der Waals surface area contributed by atoms with E-state index in [4.69, 9.17) is 16.6 Å². The number of rotatable bonds is 3. The fourth-order valence-corrected chi connectivity index (χ4v) is 3.77. The number of carbonyl (C=O) groups is 1. The second kappa shape index (κ2) is 6.19. The average Bonchev–Trinajstić information content (AvgIpc) is 3.16. The highest BCUT2D eigenvalue weighted by Gasteiger charge is 2.35. The number of para-hydroxylation sites is 2. The lowest BCUT2D eigenvalue weighted by atomic mass is 10.1. The third kappa shape index (κ3) is 2.81. The van der Waals surface area contributed by atoms with Gasteiger partial charge in [-0.05, 0) is 50.2 Å². The van der Waals surface area contributed by atoms with E-state index in [0.717, 1.165) is 22.5 Å². The zero-order valence-corrected chi connectivity index (χ0v) is 15.1. The van der Waals surface area contributed by atoms with E-state index in [1.807, 2.05) is 47.4 Å². The minimum atomic E-state index is 0.0954. The standard InChI is InChI=1S/C20H20ClN3O/c1-13(2)24-18-6-4-3-5-17(18)22-20(24)14-11-19(25)23(12-14)16-9-7-15(21)8-10-16/h3-10,13-14H,11-12H2,1-2H3/t14-/m0/s1. The van der Waals surface area contributed by atoms with E-state index in [1.54, 1.807) is 0 Å². The van der Waals surface area contributed by atoms with Gasteiger partial charge in [0.25, 0.3) is 0 Å². The minimum Gasteiger partial charge on any atom is -0.325 e. The summed E-state index contributed by atoms with van der Waals surface area (Å²) in [6.07, 6.45) is 0.485. The molecule has 0 aliphatic carbocycles. The highest BCUT2D eigenvalue weighted by molar-refractivity contribution is 6.30. The summed E-state index contributed by atoms with van der Waals surface area (Å²) < 4.78 is 2.26. The fraction of sp³-hybridized carbons (Fsp3) is 0.300. The molecule has 0 radical (unpaired) electrons. The second-order valence-corrected chi connectivity index (χ2v) is 7.24. The van der Waals surface area contributed by atoms with E-state index < -0.39 is 0 Å². The van der Waals surface area contributed by atoms with Crippen molar-refractivity contribution >= 4 is 34.2 Å². The van der Waals surface area contributed by atoms with Gasteiger partial charge in [-0.25, -0.2) is 4.98 Å². The van der Waals surface area contributed by atoms with Gasteiger partial charge in [0.05, 0.1) is 11.0 Å². The first-order valence-electron chi connectivity index (χ1n) is 8.57. The molecule has 0 spiro atoms. The van der Waals surface area contributed by atoms with Gasteiger partial charge < -0.3 is 9.47 Å². The monoisotopic (exact) mass is 353 g/mol. The summed E-state index contributed by atoms with van der Waals surface area (Å²) in [7, 11) is 0. The van der Waals surface area contributed by atoms with Crippen LogP contribution in [0.25, 0.3) is 11.0 Å². The Balaban J connectivity index is 1.71. The molecule has 1 amide bonds. The maximum Gasteiger partial charge on any atom is 0.227 e. The summed E-state index contributed by atoms with van der Waals surface area (Å²) >= 11 is 5.96. The van der Waals surface area contributed by atoms with Gasteiger partial charge in [-0.15, -0.1) is 0 Å². The van der Waals surface area contributed by atoms with Gasteiger partial charge in [-0.1, -0.05) is 23.7 Å². The Morgan fingerprint density at radius 1 is 1.12 bits per heavy atom. The Kier molecular flexibility index (Phi) is 4.00. The van der Waals surface area contributed by atoms with E-state index in [0.29, 0.717) is 24.0 Å². The Hall–Kier alpha value is -2.33. The molecule has 0 N–H and O–H groups in total. The molecule has 2 heterocycles. The van der Waals surface area contributed by atoms with Crippen molar-refractivity contribution in [2.75, 3.05) is 11.4 Å². The number of hydrogen-bond acceptors (Lipinski definition) is 2. The Morgan fingerprint density at radius 3 is 2.56 bits per heavy atom. The summed E-state index contributed by atoms with van der Waals surface area (Å²) in [6.45, 7) is 4.97. The van der Waals surface area contributed by atoms with E-state index >= 15 is 0 Å². The Bertz CT molecular complexity index is 930. The summed E-state index contributed by atoms with van der Waals surface area (Å²) in [5.41, 5.74) is 3.01. The van der Waals surface area contributed by atoms with Crippen molar-refractivity contribution in [3.05, 3.63) is 59.4 Å². The van der Waals surface area contributed by atoms with Crippen LogP contribution in [-0.4, -0.2) is 22.0 Å². The largest absolute Gasteiger partial charge is 0.325 e. The van der Waals surface area contributed by atoms with Crippen molar-refractivity contribution < 1.29 is 4.79 Å². The van der Waals surface area contributed by atoms with Gasteiger partial charge in [0.2, 0.25) is 5.91 Å². The van der Waals surface area contributed by atoms with Crippen molar-refractivity contribution in [1.29, 1.82) is 0 Å². The number of amides is 1. The van der Waals surface area contributed by atoms with Crippen LogP contribution in [0, 0.1) is 0 Å². The lowest BCUT2D eigenvalue weighted by molar-refractivity contribution is -0.117. The van der Waals surface area contributed by atoms with Crippen LogP contribution in [0.2, 0.25) is 5.02 Å². The summed E-state index contributed by atoms with van der Waals surface area (Å²) in [4.78, 5) is 19.3. The molecule has 0 bridgehead atoms. The normalized spacial score (nSPS) is 17.8. The number of benzene rings is 2. The molecule has 1 fully saturated rings. The molecule has 1 aromatic heterocycles. The molecular weight excluding hydrogens is 334 g/mol. The predicted molar refractivity (Wildman–Crippen MR) is 101 cm³/mol. The number of fused-ring (bicyclic) bond motifs is 1. The minimum absolute atomic E-state index is 0.0954. The first-order valence-corrected chi connectivity index (χ1v) is 8.95. The van der Waals surface area contributed by atoms with Crippen LogP contribution in [0.4, 0.5) is 5.69 Å². The van der Waals surface area contributed by atoms with E-state index in [-0.39, 0.29) is 11.8 Å². The maximum absolute atomic E-state index is 12.6. The van der Waals surface area contributed by atoms with Gasteiger partial charge in [-0.3, -0.25) is 4.79 Å². The number of aromatic nitrogens is 2. The fourth-order valence-electron chi connectivity index (χ4n) is 3.64. The van der Waals surface area contributed by atoms with Crippen molar-refractivity contribution in [3.8, 4) is 0 Å². The number of halogens is 1. The van der Waals surface area contributed by atoms with Gasteiger partial charge in [-0.2, -0.15) is 0 Å². The Labute approximate surface area is 152 Å². The third-order valence-electron chi connectivity index (χ3n) is 4.77. The van der Waals surface area contributed by atoms with E-state index in [2.05, 4.69) is 24.5 Å². The van der Waals surface area contributed by atoms with Gasteiger partial charge in [0, 0.05) is 35.6 Å². The van der Waals surface area contributed by atoms with Crippen LogP contribution in [0.5, 0.6) is 0 Å². The summed E-state index contributed by atoms with van der Waals surface area (Å²) in [5, 5.41) is 0.675. The van der Waals surface area contributed by atoms with Crippen molar-refractivity contribution in [2.45, 2.75) is 32.2 Å². The van der Waals surface area contributed by atoms with Crippen LogP contribution in [0.15, 0.2) is 48.5 Å². The second-order valence-electron chi connectivity index (χ2n) is 6.80. The van der Waals surface area contributed by atoms with Crippen LogP contribution in [0.1, 0.15) is 38.1 Å². The highest BCUT2D eigenvalue weighted by Crippen LogP contribution is 2.34. The Morgan fingerprint density at radius 2 is 1.84 bits per heavy atom. The number of imidazole rings is 1. The molecular formula is C20H20ClN3O. The summed E-state index contributed by atoms with van der Waals surface area (Å²) in [6, 6.07) is 15.9. The van der Waals surface area contributed by atoms with Crippen molar-refractivity contribution in [2.24, 2.45) is 0 Å². The molecule has 4 nitrogen and oxygen atoms in total. The SMILES string of the molecule is CC(C)n1c([C@H]2CC(=O)N(c3ccc(Cl)cc3)C2)nc2ccccc21. The van der Waals surface area contributed by atoms with Crippen LogP contribution in [0.3, 0.4) is 0 Å². The number of carbonyl (C=O) groups excluding carboxylic acids is 1. The first-order chi connectivity index (χ1) is 12.0. The van der Waals surface area contributed by atoms with Crippen LogP contribution in [-0.2, 0) is 4.79 Å². The van der Waals surface area contributed by atoms with Gasteiger partial charge in [0.1, 0.15) is 5.82 Å². The molecule has 128 valence electrons. The van der Waals surface area contributed by atoms with Crippen LogP contribution < -0.4 is 4.90 Å². The molecule has 3 aromatic rings. The van der Waals surface area contributed by atoms with Crippen LogP contribution >= 0.6 is 11.6 Å². The number of nitrogens with zero attached hydrogens (tertiary/aromatic N) is 3. The van der Waals surface area contributed by atoms with E-state index in [9.17, 15) is 4.79 Å². The smallest absolute Gasteiger partial charge is 0.227 e. The molecule has 4 rings (SSSR count). The van der Waals surface area contributed by atoms with Gasteiger partial charge in [0.15, 0.2) is 0 Å². The molecule has 1 atom stereocenters. The highest BCUT2D eigenvalue weighted by atomic mass is 35.5. The lowest BCUT2D eigenvalue weighted by Crippen LogP contribution is -2.24. The molecule has 5 heteroatoms. The topological polar surface area (TPSA) is 38.1 Å². The lowest BCUT2D eigenvalue weighted by Gasteiger charge is -2.19. The van der Waals surface area contributed by atoms with Gasteiger partial charge >= 0.3 is 0 Å². The zero-order valence-electron chi connectivity index (χ0n) is 14.3. The van der Waals surface area contributed by atoms with Crippen molar-refractivity contribution in [1.82, 2.24) is 9.55 Å². The average molecular weight is 354 g/mol. The van der Waals surface area contributed by atoms with Crippen molar-refractivity contribution in [3.63, 3.8) is 0 Å². The summed E-state index contributed by atoms with van der Waals surface area (Å²) in [5.74, 6) is 1.23. The quantitative estimate of drug-likeness (QED) is 0.679.